The van der Waals surface area contributed by atoms with Gasteiger partial charge < -0.3 is 0 Å². The molecule has 3 saturated carbocycles. The van der Waals surface area contributed by atoms with Crippen LogP contribution in [0.15, 0.2) is 6.20 Å². The lowest BCUT2D eigenvalue weighted by atomic mass is 9.59. The van der Waals surface area contributed by atoms with Crippen LogP contribution in [-0.2, 0) is 5.41 Å². The van der Waals surface area contributed by atoms with Gasteiger partial charge in [0.15, 0.2) is 0 Å². The zero-order chi connectivity index (χ0) is 11.2. The summed E-state index contributed by atoms with van der Waals surface area (Å²) in [4.78, 5) is 9.05. The fourth-order valence-corrected chi connectivity index (χ4v) is 3.67. The van der Waals surface area contributed by atoms with Gasteiger partial charge in [0, 0.05) is 11.6 Å². The average Bonchev–Trinajstić information content (AvgIpc) is 2.34. The maximum atomic E-state index is 4.75. The van der Waals surface area contributed by atoms with Crippen LogP contribution in [0, 0.1) is 19.8 Å². The second-order valence-electron chi connectivity index (χ2n) is 5.71. The minimum absolute atomic E-state index is 0.409. The molecule has 1 aromatic rings. The van der Waals surface area contributed by atoms with Gasteiger partial charge in [-0.1, -0.05) is 0 Å². The number of nitrogens with zero attached hydrogens (tertiary/aromatic N) is 2. The van der Waals surface area contributed by atoms with Crippen LogP contribution in [0.4, 0.5) is 0 Å². The van der Waals surface area contributed by atoms with E-state index < -0.39 is 0 Å². The molecule has 0 aliphatic heterocycles. The zero-order valence-corrected chi connectivity index (χ0v) is 10.3. The third-order valence-corrected chi connectivity index (χ3v) is 4.69. The van der Waals surface area contributed by atoms with E-state index in [1.54, 1.807) is 0 Å². The summed E-state index contributed by atoms with van der Waals surface area (Å²) in [7, 11) is 0. The summed E-state index contributed by atoms with van der Waals surface area (Å²) in [6, 6.07) is 0. The summed E-state index contributed by atoms with van der Waals surface area (Å²) in [5.41, 5.74) is 3.07. The maximum Gasteiger partial charge on any atom is 0.125 e. The van der Waals surface area contributed by atoms with E-state index in [0.29, 0.717) is 5.41 Å². The fraction of sp³-hybridized carbons (Fsp3) is 0.714. The molecule has 3 fully saturated rings. The third kappa shape index (κ3) is 1.47. The summed E-state index contributed by atoms with van der Waals surface area (Å²) >= 11 is 0. The van der Waals surface area contributed by atoms with E-state index in [2.05, 4.69) is 11.9 Å². The highest BCUT2D eigenvalue weighted by molar-refractivity contribution is 5.27. The van der Waals surface area contributed by atoms with Crippen LogP contribution in [0.1, 0.15) is 55.6 Å². The Balaban J connectivity index is 2.04. The Labute approximate surface area is 97.5 Å². The molecule has 1 aromatic heterocycles. The molecule has 3 aliphatic carbocycles. The first kappa shape index (κ1) is 10.2. The van der Waals surface area contributed by atoms with E-state index in [-0.39, 0.29) is 0 Å². The van der Waals surface area contributed by atoms with Gasteiger partial charge in [-0.25, -0.2) is 9.97 Å². The molecule has 0 aromatic carbocycles. The van der Waals surface area contributed by atoms with Crippen molar-refractivity contribution in [1.29, 1.82) is 0 Å². The smallest absolute Gasteiger partial charge is 0.125 e. The third-order valence-electron chi connectivity index (χ3n) is 4.69. The molecular formula is C14H20N2. The number of aryl methyl sites for hydroxylation is 2. The molecule has 2 heteroatoms. The largest absolute Gasteiger partial charge is 0.241 e. The van der Waals surface area contributed by atoms with Gasteiger partial charge in [-0.05, 0) is 63.9 Å². The second kappa shape index (κ2) is 3.54. The predicted octanol–water partition coefficient (Wildman–Crippen LogP) is 3.32. The Bertz CT molecular complexity index is 389. The molecule has 0 N–H and O–H groups in total. The Hall–Kier alpha value is -0.920. The highest BCUT2D eigenvalue weighted by atomic mass is 14.9. The lowest BCUT2D eigenvalue weighted by molar-refractivity contribution is 0.131. The van der Waals surface area contributed by atoms with Crippen LogP contribution in [0.5, 0.6) is 0 Å². The van der Waals surface area contributed by atoms with Crippen molar-refractivity contribution in [2.75, 3.05) is 0 Å². The molecule has 1 heterocycles. The van der Waals surface area contributed by atoms with Crippen LogP contribution < -0.4 is 0 Å². The molecule has 0 spiro atoms. The van der Waals surface area contributed by atoms with Gasteiger partial charge in [0.2, 0.25) is 0 Å². The minimum atomic E-state index is 0.409. The first-order valence-corrected chi connectivity index (χ1v) is 6.50. The summed E-state index contributed by atoms with van der Waals surface area (Å²) in [6.07, 6.45) is 10.3. The molecule has 2 bridgehead atoms. The van der Waals surface area contributed by atoms with Gasteiger partial charge in [-0.2, -0.15) is 0 Å². The molecule has 0 saturated heterocycles. The van der Waals surface area contributed by atoms with Gasteiger partial charge >= 0.3 is 0 Å². The van der Waals surface area contributed by atoms with Crippen molar-refractivity contribution in [2.45, 2.75) is 57.8 Å². The predicted molar refractivity (Wildman–Crippen MR) is 64.4 cm³/mol. The summed E-state index contributed by atoms with van der Waals surface area (Å²) in [5, 5.41) is 0. The maximum absolute atomic E-state index is 4.75. The number of aromatic nitrogens is 2. The number of rotatable bonds is 1. The molecule has 3 aliphatic rings. The van der Waals surface area contributed by atoms with E-state index in [0.717, 1.165) is 11.7 Å². The SMILES string of the molecule is Cc1ncc(C)c(C23CCC(CC2)CC3)n1. The first-order valence-electron chi connectivity index (χ1n) is 6.50. The highest BCUT2D eigenvalue weighted by Crippen LogP contribution is 2.51. The number of hydrogen-bond donors (Lipinski definition) is 0. The van der Waals surface area contributed by atoms with Crippen molar-refractivity contribution >= 4 is 0 Å². The summed E-state index contributed by atoms with van der Waals surface area (Å²) in [5.74, 6) is 1.95. The van der Waals surface area contributed by atoms with Crippen molar-refractivity contribution in [1.82, 2.24) is 9.97 Å². The van der Waals surface area contributed by atoms with Crippen molar-refractivity contribution in [3.63, 3.8) is 0 Å². The average molecular weight is 216 g/mol. The van der Waals surface area contributed by atoms with Gasteiger partial charge in [0.1, 0.15) is 5.82 Å². The van der Waals surface area contributed by atoms with E-state index in [9.17, 15) is 0 Å². The molecule has 2 nitrogen and oxygen atoms in total. The fourth-order valence-electron chi connectivity index (χ4n) is 3.67. The Morgan fingerprint density at radius 2 is 1.75 bits per heavy atom. The first-order chi connectivity index (χ1) is 7.70. The summed E-state index contributed by atoms with van der Waals surface area (Å²) < 4.78 is 0. The van der Waals surface area contributed by atoms with Crippen molar-refractivity contribution < 1.29 is 0 Å². The normalized spacial score (nSPS) is 33.0. The molecule has 16 heavy (non-hydrogen) atoms. The monoisotopic (exact) mass is 216 g/mol. The molecule has 0 unspecified atom stereocenters. The van der Waals surface area contributed by atoms with Crippen LogP contribution in [-0.4, -0.2) is 9.97 Å². The van der Waals surface area contributed by atoms with E-state index in [1.165, 1.54) is 49.8 Å². The second-order valence-corrected chi connectivity index (χ2v) is 5.71. The zero-order valence-electron chi connectivity index (χ0n) is 10.3. The Kier molecular flexibility index (Phi) is 2.27. The molecule has 0 amide bonds. The van der Waals surface area contributed by atoms with Gasteiger partial charge in [-0.3, -0.25) is 0 Å². The molecule has 86 valence electrons. The van der Waals surface area contributed by atoms with Crippen molar-refractivity contribution in [3.05, 3.63) is 23.3 Å². The van der Waals surface area contributed by atoms with Crippen LogP contribution in [0.3, 0.4) is 0 Å². The number of hydrogen-bond acceptors (Lipinski definition) is 2. The van der Waals surface area contributed by atoms with E-state index in [4.69, 9.17) is 4.98 Å². The highest BCUT2D eigenvalue weighted by Gasteiger charge is 2.43. The van der Waals surface area contributed by atoms with Crippen LogP contribution in [0.25, 0.3) is 0 Å². The number of fused-ring (bicyclic) bond motifs is 3. The van der Waals surface area contributed by atoms with Gasteiger partial charge in [0.05, 0.1) is 5.69 Å². The molecule has 0 atom stereocenters. The molecular weight excluding hydrogens is 196 g/mol. The minimum Gasteiger partial charge on any atom is -0.241 e. The summed E-state index contributed by atoms with van der Waals surface area (Å²) in [6.45, 7) is 4.18. The lowest BCUT2D eigenvalue weighted by Crippen LogP contribution is -2.39. The van der Waals surface area contributed by atoms with Crippen molar-refractivity contribution in [2.24, 2.45) is 5.92 Å². The Morgan fingerprint density at radius 3 is 2.38 bits per heavy atom. The van der Waals surface area contributed by atoms with Gasteiger partial charge in [-0.15, -0.1) is 0 Å². The van der Waals surface area contributed by atoms with Crippen molar-refractivity contribution in [3.8, 4) is 0 Å². The topological polar surface area (TPSA) is 25.8 Å². The molecule has 0 radical (unpaired) electrons. The quantitative estimate of drug-likeness (QED) is 0.719. The molecule has 4 rings (SSSR count). The Morgan fingerprint density at radius 1 is 1.12 bits per heavy atom. The van der Waals surface area contributed by atoms with E-state index in [1.807, 2.05) is 13.1 Å². The standard InChI is InChI=1S/C14H20N2/c1-10-9-15-11(2)16-13(10)14-6-3-12(4-7-14)5-8-14/h9,12H,3-8H2,1-2H3. The van der Waals surface area contributed by atoms with E-state index >= 15 is 0 Å². The van der Waals surface area contributed by atoms with Crippen LogP contribution in [0.2, 0.25) is 0 Å². The van der Waals surface area contributed by atoms with Crippen LogP contribution >= 0.6 is 0 Å². The van der Waals surface area contributed by atoms with Gasteiger partial charge in [0.25, 0.3) is 0 Å². The lowest BCUT2D eigenvalue weighted by Gasteiger charge is -2.46.